The Hall–Kier alpha value is -1.73. The number of phenolic OH excluding ortho intramolecular Hbond substituents is 2. The van der Waals surface area contributed by atoms with E-state index in [1.165, 1.54) is 18.2 Å². The van der Waals surface area contributed by atoms with E-state index in [9.17, 15) is 10.2 Å². The highest BCUT2D eigenvalue weighted by Crippen LogP contribution is 2.33. The summed E-state index contributed by atoms with van der Waals surface area (Å²) < 4.78 is 5.22. The third kappa shape index (κ3) is 2.46. The van der Waals surface area contributed by atoms with Crippen LogP contribution in [-0.2, 0) is 0 Å². The van der Waals surface area contributed by atoms with Gasteiger partial charge in [-0.3, -0.25) is 4.90 Å². The van der Waals surface area contributed by atoms with Crippen LogP contribution in [0.1, 0.15) is 11.9 Å². The average molecular weight is 293 g/mol. The summed E-state index contributed by atoms with van der Waals surface area (Å²) in [5, 5.41) is 23.3. The Morgan fingerprint density at radius 2 is 2.25 bits per heavy atom. The molecule has 1 atom stereocenters. The molecule has 1 aliphatic heterocycles. The normalized spacial score (nSPS) is 20.1. The SMILES string of the molecule is CN1CCSCC1c1noc(-c2cc(O)ccc2O)n1. The summed E-state index contributed by atoms with van der Waals surface area (Å²) in [6, 6.07) is 4.33. The largest absolute Gasteiger partial charge is 0.508 e. The van der Waals surface area contributed by atoms with Crippen LogP contribution >= 0.6 is 11.8 Å². The number of aromatic hydroxyl groups is 2. The number of hydrogen-bond donors (Lipinski definition) is 2. The van der Waals surface area contributed by atoms with Gasteiger partial charge in [-0.2, -0.15) is 16.7 Å². The van der Waals surface area contributed by atoms with Crippen LogP contribution in [0, 0.1) is 0 Å². The van der Waals surface area contributed by atoms with E-state index < -0.39 is 0 Å². The van der Waals surface area contributed by atoms with Gasteiger partial charge in [-0.1, -0.05) is 5.16 Å². The molecule has 6 nitrogen and oxygen atoms in total. The molecule has 0 spiro atoms. The van der Waals surface area contributed by atoms with Gasteiger partial charge in [-0.05, 0) is 25.2 Å². The lowest BCUT2D eigenvalue weighted by molar-refractivity contribution is 0.257. The van der Waals surface area contributed by atoms with Gasteiger partial charge in [-0.25, -0.2) is 0 Å². The Labute approximate surface area is 120 Å². The smallest absolute Gasteiger partial charge is 0.261 e. The quantitative estimate of drug-likeness (QED) is 0.818. The van der Waals surface area contributed by atoms with E-state index in [1.54, 1.807) is 0 Å². The van der Waals surface area contributed by atoms with Crippen molar-refractivity contribution in [3.8, 4) is 23.0 Å². The van der Waals surface area contributed by atoms with E-state index in [-0.39, 0.29) is 23.4 Å². The molecule has 3 rings (SSSR count). The first kappa shape index (κ1) is 13.3. The van der Waals surface area contributed by atoms with Gasteiger partial charge in [0.25, 0.3) is 5.89 Å². The zero-order chi connectivity index (χ0) is 14.1. The molecule has 1 aliphatic rings. The Morgan fingerprint density at radius 1 is 1.40 bits per heavy atom. The second-order valence-corrected chi connectivity index (χ2v) is 5.88. The van der Waals surface area contributed by atoms with Crippen molar-refractivity contribution in [2.45, 2.75) is 6.04 Å². The highest BCUT2D eigenvalue weighted by atomic mass is 32.2. The molecule has 20 heavy (non-hydrogen) atoms. The van der Waals surface area contributed by atoms with E-state index in [4.69, 9.17) is 4.52 Å². The number of nitrogens with zero attached hydrogens (tertiary/aromatic N) is 3. The zero-order valence-corrected chi connectivity index (χ0v) is 11.8. The van der Waals surface area contributed by atoms with E-state index in [1.807, 2.05) is 18.8 Å². The standard InChI is InChI=1S/C13H15N3O3S/c1-16-4-5-20-7-10(16)12-14-13(19-15-12)9-6-8(17)2-3-11(9)18/h2-3,6,10,17-18H,4-5,7H2,1H3. The van der Waals surface area contributed by atoms with Crippen LogP contribution in [0.2, 0.25) is 0 Å². The Balaban J connectivity index is 1.91. The van der Waals surface area contributed by atoms with Gasteiger partial charge < -0.3 is 14.7 Å². The molecular formula is C13H15N3O3S. The number of hydrogen-bond acceptors (Lipinski definition) is 7. The molecule has 0 bridgehead atoms. The topological polar surface area (TPSA) is 82.6 Å². The molecule has 1 aromatic heterocycles. The first-order valence-electron chi connectivity index (χ1n) is 6.29. The maximum absolute atomic E-state index is 9.81. The summed E-state index contributed by atoms with van der Waals surface area (Å²) in [4.78, 5) is 6.54. The van der Waals surface area contributed by atoms with E-state index >= 15 is 0 Å². The summed E-state index contributed by atoms with van der Waals surface area (Å²) >= 11 is 1.86. The van der Waals surface area contributed by atoms with Gasteiger partial charge in [0.05, 0.1) is 11.6 Å². The highest BCUT2D eigenvalue weighted by Gasteiger charge is 2.26. The minimum atomic E-state index is 0.00405. The number of phenols is 2. The number of benzene rings is 1. The third-order valence-electron chi connectivity index (χ3n) is 3.35. The van der Waals surface area contributed by atoms with Crippen LogP contribution in [0.5, 0.6) is 11.5 Å². The molecule has 2 aromatic rings. The minimum Gasteiger partial charge on any atom is -0.508 e. The number of aromatic nitrogens is 2. The molecule has 1 unspecified atom stereocenters. The van der Waals surface area contributed by atoms with Crippen LogP contribution in [0.4, 0.5) is 0 Å². The maximum Gasteiger partial charge on any atom is 0.261 e. The lowest BCUT2D eigenvalue weighted by atomic mass is 10.2. The fourth-order valence-electron chi connectivity index (χ4n) is 2.13. The predicted octanol–water partition coefficient (Wildman–Crippen LogP) is 1.87. The maximum atomic E-state index is 9.81. The van der Waals surface area contributed by atoms with Crippen molar-refractivity contribution in [1.29, 1.82) is 0 Å². The number of rotatable bonds is 2. The van der Waals surface area contributed by atoms with Crippen molar-refractivity contribution < 1.29 is 14.7 Å². The molecule has 1 saturated heterocycles. The first-order valence-corrected chi connectivity index (χ1v) is 7.44. The van der Waals surface area contributed by atoms with Gasteiger partial charge in [-0.15, -0.1) is 0 Å². The molecule has 1 fully saturated rings. The molecule has 0 saturated carbocycles. The molecule has 106 valence electrons. The summed E-state index contributed by atoms with van der Waals surface area (Å²) in [5.74, 6) is 2.90. The van der Waals surface area contributed by atoms with Gasteiger partial charge in [0.15, 0.2) is 5.82 Å². The summed E-state index contributed by atoms with van der Waals surface area (Å²) in [5.41, 5.74) is 0.342. The predicted molar refractivity (Wildman–Crippen MR) is 75.8 cm³/mol. The Bertz CT molecular complexity index is 617. The second kappa shape index (κ2) is 5.34. The number of thioether (sulfide) groups is 1. The van der Waals surface area contributed by atoms with Crippen LogP contribution < -0.4 is 0 Å². The summed E-state index contributed by atoms with van der Waals surface area (Å²) in [6.07, 6.45) is 0. The average Bonchev–Trinajstić information content (AvgIpc) is 2.91. The highest BCUT2D eigenvalue weighted by molar-refractivity contribution is 7.99. The monoisotopic (exact) mass is 293 g/mol. The van der Waals surface area contributed by atoms with Crippen LogP contribution in [0.15, 0.2) is 22.7 Å². The van der Waals surface area contributed by atoms with Crippen LogP contribution in [0.25, 0.3) is 11.5 Å². The Morgan fingerprint density at radius 3 is 3.05 bits per heavy atom. The molecule has 1 aromatic carbocycles. The molecule has 0 aliphatic carbocycles. The van der Waals surface area contributed by atoms with Crippen LogP contribution in [-0.4, -0.2) is 50.4 Å². The fraction of sp³-hybridized carbons (Fsp3) is 0.385. The molecule has 0 amide bonds. The minimum absolute atomic E-state index is 0.00405. The van der Waals surface area contributed by atoms with Crippen molar-refractivity contribution >= 4 is 11.8 Å². The lowest BCUT2D eigenvalue weighted by Gasteiger charge is -2.29. The van der Waals surface area contributed by atoms with Crippen molar-refractivity contribution in [2.75, 3.05) is 25.1 Å². The fourth-order valence-corrected chi connectivity index (χ4v) is 3.34. The van der Waals surface area contributed by atoms with Crippen molar-refractivity contribution in [3.63, 3.8) is 0 Å². The Kier molecular flexibility index (Phi) is 3.54. The molecular weight excluding hydrogens is 278 g/mol. The van der Waals surface area contributed by atoms with Crippen LogP contribution in [0.3, 0.4) is 0 Å². The molecule has 0 radical (unpaired) electrons. The van der Waals surface area contributed by atoms with Crippen molar-refractivity contribution in [1.82, 2.24) is 15.0 Å². The van der Waals surface area contributed by atoms with Gasteiger partial charge in [0.2, 0.25) is 0 Å². The van der Waals surface area contributed by atoms with Gasteiger partial charge >= 0.3 is 0 Å². The summed E-state index contributed by atoms with van der Waals surface area (Å²) in [6.45, 7) is 0.983. The third-order valence-corrected chi connectivity index (χ3v) is 4.37. The van der Waals surface area contributed by atoms with E-state index in [0.29, 0.717) is 11.4 Å². The zero-order valence-electron chi connectivity index (χ0n) is 11.0. The first-order chi connectivity index (χ1) is 9.65. The second-order valence-electron chi connectivity index (χ2n) is 4.73. The lowest BCUT2D eigenvalue weighted by Crippen LogP contribution is -2.33. The molecule has 2 N–H and O–H groups in total. The molecule has 7 heteroatoms. The summed E-state index contributed by atoms with van der Waals surface area (Å²) in [7, 11) is 2.03. The van der Waals surface area contributed by atoms with Gasteiger partial charge in [0.1, 0.15) is 11.5 Å². The molecule has 2 heterocycles. The van der Waals surface area contributed by atoms with Crippen molar-refractivity contribution in [2.24, 2.45) is 0 Å². The van der Waals surface area contributed by atoms with E-state index in [2.05, 4.69) is 15.0 Å². The van der Waals surface area contributed by atoms with Gasteiger partial charge in [0, 0.05) is 18.1 Å². The van der Waals surface area contributed by atoms with Crippen molar-refractivity contribution in [3.05, 3.63) is 24.0 Å². The van der Waals surface area contributed by atoms with E-state index in [0.717, 1.165) is 18.1 Å².